The Hall–Kier alpha value is -4.44. The molecule has 0 aliphatic carbocycles. The van der Waals surface area contributed by atoms with Gasteiger partial charge in [-0.1, -0.05) is 32.1 Å². The first-order chi connectivity index (χ1) is 18.0. The number of carbonyl (C=O) groups excluding carboxylic acids is 2. The van der Waals surface area contributed by atoms with E-state index in [2.05, 4.69) is 34.2 Å². The molecule has 1 fully saturated rings. The molecule has 0 bridgehead atoms. The van der Waals surface area contributed by atoms with E-state index in [9.17, 15) is 9.59 Å². The van der Waals surface area contributed by atoms with E-state index in [0.29, 0.717) is 24.5 Å². The second-order valence-electron chi connectivity index (χ2n) is 9.15. The van der Waals surface area contributed by atoms with Crippen LogP contribution in [0.3, 0.4) is 0 Å². The zero-order valence-corrected chi connectivity index (χ0v) is 20.7. The summed E-state index contributed by atoms with van der Waals surface area (Å²) in [6, 6.07) is 11.2. The second kappa shape index (κ2) is 10.3. The molecule has 1 aromatic heterocycles. The molecule has 5 rings (SSSR count). The van der Waals surface area contributed by atoms with Gasteiger partial charge in [0.25, 0.3) is 5.91 Å². The minimum absolute atomic E-state index is 0.0466. The van der Waals surface area contributed by atoms with Gasteiger partial charge in [0.05, 0.1) is 17.9 Å². The van der Waals surface area contributed by atoms with Crippen molar-refractivity contribution in [2.24, 2.45) is 10.8 Å². The fraction of sp³-hybridized carbons (Fsp3) is 0.259. The smallest absolute Gasteiger partial charge is 0.256 e. The van der Waals surface area contributed by atoms with Crippen molar-refractivity contribution in [2.45, 2.75) is 32.2 Å². The molecule has 3 aliphatic heterocycles. The number of nitrogens with zero attached hydrogens (tertiary/aromatic N) is 5. The lowest BCUT2D eigenvalue weighted by molar-refractivity contribution is -0.125. The Morgan fingerprint density at radius 1 is 1.27 bits per heavy atom. The number of hydrogen-bond donors (Lipinski definition) is 3. The number of hydrazine groups is 2. The summed E-state index contributed by atoms with van der Waals surface area (Å²) >= 11 is 0. The molecule has 37 heavy (non-hydrogen) atoms. The lowest BCUT2D eigenvalue weighted by atomic mass is 10.1. The highest BCUT2D eigenvalue weighted by Crippen LogP contribution is 2.36. The van der Waals surface area contributed by atoms with E-state index in [4.69, 9.17) is 5.84 Å². The lowest BCUT2D eigenvalue weighted by Gasteiger charge is -2.30. The van der Waals surface area contributed by atoms with Crippen molar-refractivity contribution in [2.75, 3.05) is 18.4 Å². The third-order valence-electron chi connectivity index (χ3n) is 6.67. The molecule has 0 spiro atoms. The van der Waals surface area contributed by atoms with Gasteiger partial charge in [-0.25, -0.2) is 15.8 Å². The van der Waals surface area contributed by atoms with Crippen LogP contribution in [0.1, 0.15) is 41.3 Å². The molecule has 1 atom stereocenters. The van der Waals surface area contributed by atoms with Crippen molar-refractivity contribution in [3.63, 3.8) is 0 Å². The molecular weight excluding hydrogens is 468 g/mol. The highest BCUT2D eigenvalue weighted by atomic mass is 16.2. The number of aryl methyl sites for hydroxylation is 1. The fourth-order valence-corrected chi connectivity index (χ4v) is 4.83. The second-order valence-corrected chi connectivity index (χ2v) is 9.15. The molecule has 2 amide bonds. The summed E-state index contributed by atoms with van der Waals surface area (Å²) in [5.74, 6) is 6.51. The molecular formula is C27H30N8O2. The monoisotopic (exact) mass is 498 g/mol. The molecule has 1 saturated heterocycles. The van der Waals surface area contributed by atoms with Gasteiger partial charge in [-0.15, -0.1) is 0 Å². The maximum absolute atomic E-state index is 12.9. The number of fused-ring (bicyclic) bond motifs is 1. The van der Waals surface area contributed by atoms with Crippen LogP contribution in [0.4, 0.5) is 5.82 Å². The van der Waals surface area contributed by atoms with Gasteiger partial charge in [0, 0.05) is 30.4 Å². The fourth-order valence-electron chi connectivity index (χ4n) is 4.83. The summed E-state index contributed by atoms with van der Waals surface area (Å²) in [5, 5.41) is 6.38. The van der Waals surface area contributed by atoms with Crippen LogP contribution in [0.25, 0.3) is 5.70 Å². The van der Waals surface area contributed by atoms with Crippen molar-refractivity contribution in [1.82, 2.24) is 25.3 Å². The third kappa shape index (κ3) is 4.83. The van der Waals surface area contributed by atoms with Gasteiger partial charge in [0.1, 0.15) is 23.6 Å². The van der Waals surface area contributed by atoms with Gasteiger partial charge in [0.15, 0.2) is 0 Å². The third-order valence-corrected chi connectivity index (χ3v) is 6.67. The molecule has 1 aromatic carbocycles. The van der Waals surface area contributed by atoms with Crippen molar-refractivity contribution in [3.8, 4) is 0 Å². The van der Waals surface area contributed by atoms with Crippen LogP contribution in [-0.4, -0.2) is 57.2 Å². The van der Waals surface area contributed by atoms with Gasteiger partial charge < -0.3 is 10.2 Å². The van der Waals surface area contributed by atoms with Gasteiger partial charge in [-0.05, 0) is 48.7 Å². The first-order valence-corrected chi connectivity index (χ1v) is 12.3. The van der Waals surface area contributed by atoms with Crippen LogP contribution in [-0.2, 0) is 11.2 Å². The number of rotatable bonds is 7. The summed E-state index contributed by atoms with van der Waals surface area (Å²) in [6.45, 7) is 6.93. The van der Waals surface area contributed by atoms with E-state index in [1.54, 1.807) is 35.8 Å². The normalized spacial score (nSPS) is 18.5. The van der Waals surface area contributed by atoms with Crippen LogP contribution < -0.4 is 16.6 Å². The standard InChI is InChI=1S/C27H30N8O2/c1-3-5-18-10-12-30-23(14-18)31-27(37)20-8-6-19(7-9-20)25-26-22(15-29-17-34(26)28)35(32-25)21-11-13-33(16-21)24(36)4-2/h4,6-10,12,14-15,17,21,32H,2-3,5,11,13,16,28H2,1H3,(H,30,31,37)/t21-/m1/s1. The SMILES string of the molecule is C=CC(=O)N1CC[C@@H](N2NC(c3ccc(C(=O)Nc4cc(CCC)ccn4)cc3)=C3C2=CN=CN3N)C1. The Labute approximate surface area is 215 Å². The topological polar surface area (TPSA) is 119 Å². The number of amides is 2. The number of pyridine rings is 1. The Balaban J connectivity index is 1.34. The molecule has 4 N–H and O–H groups in total. The van der Waals surface area contributed by atoms with Gasteiger partial charge in [0.2, 0.25) is 5.91 Å². The van der Waals surface area contributed by atoms with Crippen molar-refractivity contribution >= 4 is 29.7 Å². The quantitative estimate of drug-likeness (QED) is 0.397. The minimum Gasteiger partial charge on any atom is -0.337 e. The summed E-state index contributed by atoms with van der Waals surface area (Å²) in [4.78, 5) is 35.3. The lowest BCUT2D eigenvalue weighted by Crippen LogP contribution is -2.43. The molecule has 10 nitrogen and oxygen atoms in total. The highest BCUT2D eigenvalue weighted by Gasteiger charge is 2.39. The first-order valence-electron chi connectivity index (χ1n) is 12.3. The van der Waals surface area contributed by atoms with Crippen LogP contribution in [0.15, 0.2) is 77.8 Å². The predicted molar refractivity (Wildman–Crippen MR) is 142 cm³/mol. The largest absolute Gasteiger partial charge is 0.337 e. The summed E-state index contributed by atoms with van der Waals surface area (Å²) < 4.78 is 0. The summed E-state index contributed by atoms with van der Waals surface area (Å²) in [7, 11) is 0. The number of benzene rings is 1. The van der Waals surface area contributed by atoms with E-state index in [1.807, 2.05) is 29.3 Å². The highest BCUT2D eigenvalue weighted by molar-refractivity contribution is 6.04. The number of hydrogen-bond acceptors (Lipinski definition) is 8. The van der Waals surface area contributed by atoms with Crippen LogP contribution in [0, 0.1) is 0 Å². The van der Waals surface area contributed by atoms with Crippen LogP contribution >= 0.6 is 0 Å². The zero-order chi connectivity index (χ0) is 25.9. The van der Waals surface area contributed by atoms with Crippen molar-refractivity contribution in [3.05, 3.63) is 89.5 Å². The van der Waals surface area contributed by atoms with E-state index in [-0.39, 0.29) is 17.9 Å². The number of carbonyl (C=O) groups is 2. The van der Waals surface area contributed by atoms with E-state index in [1.165, 1.54) is 11.1 Å². The van der Waals surface area contributed by atoms with Crippen molar-refractivity contribution in [1.29, 1.82) is 0 Å². The number of likely N-dealkylation sites (tertiary alicyclic amines) is 1. The Kier molecular flexibility index (Phi) is 6.74. The van der Waals surface area contributed by atoms with E-state index >= 15 is 0 Å². The minimum atomic E-state index is -0.227. The predicted octanol–water partition coefficient (Wildman–Crippen LogP) is 2.62. The Bertz CT molecular complexity index is 1310. The average Bonchev–Trinajstić information content (AvgIpc) is 3.55. The maximum atomic E-state index is 12.9. The molecule has 10 heteroatoms. The van der Waals surface area contributed by atoms with E-state index in [0.717, 1.165) is 47.5 Å². The average molecular weight is 499 g/mol. The number of aliphatic imine (C=N–C) groups is 1. The molecule has 3 aliphatic rings. The summed E-state index contributed by atoms with van der Waals surface area (Å²) in [6.07, 6.45) is 9.12. The van der Waals surface area contributed by atoms with Gasteiger partial charge in [-0.2, -0.15) is 0 Å². The van der Waals surface area contributed by atoms with Gasteiger partial charge >= 0.3 is 0 Å². The molecule has 2 aromatic rings. The maximum Gasteiger partial charge on any atom is 0.256 e. The molecule has 0 unspecified atom stereocenters. The first kappa shape index (κ1) is 24.3. The summed E-state index contributed by atoms with van der Waals surface area (Å²) in [5.41, 5.74) is 8.41. The van der Waals surface area contributed by atoms with Crippen molar-refractivity contribution < 1.29 is 9.59 Å². The van der Waals surface area contributed by atoms with Crippen LogP contribution in [0.2, 0.25) is 0 Å². The molecule has 4 heterocycles. The zero-order valence-electron chi connectivity index (χ0n) is 20.7. The Morgan fingerprint density at radius 2 is 2.08 bits per heavy atom. The molecule has 0 saturated carbocycles. The molecule has 190 valence electrons. The number of anilines is 1. The Morgan fingerprint density at radius 3 is 2.84 bits per heavy atom. The van der Waals surface area contributed by atoms with Gasteiger partial charge in [-0.3, -0.25) is 25.0 Å². The number of nitrogens with one attached hydrogen (secondary N) is 2. The number of nitrogens with two attached hydrogens (primary N) is 1. The van der Waals surface area contributed by atoms with E-state index < -0.39 is 0 Å². The van der Waals surface area contributed by atoms with Crippen LogP contribution in [0.5, 0.6) is 0 Å². The number of aromatic nitrogens is 1. The molecule has 0 radical (unpaired) electrons.